The number of likely N-dealkylation sites (tertiary alicyclic amines) is 1. The molecule has 0 bridgehead atoms. The summed E-state index contributed by atoms with van der Waals surface area (Å²) >= 11 is 0. The van der Waals surface area contributed by atoms with Gasteiger partial charge in [0.15, 0.2) is 0 Å². The monoisotopic (exact) mass is 406 g/mol. The van der Waals surface area contributed by atoms with E-state index < -0.39 is 11.5 Å². The maximum Gasteiger partial charge on any atom is 0.248 e. The molecule has 4 nitrogen and oxygen atoms in total. The summed E-state index contributed by atoms with van der Waals surface area (Å²) in [6.07, 6.45) is 5.36. The van der Waals surface area contributed by atoms with Gasteiger partial charge in [0.05, 0.1) is 5.60 Å². The van der Waals surface area contributed by atoms with Gasteiger partial charge in [-0.15, -0.1) is 6.58 Å². The van der Waals surface area contributed by atoms with Gasteiger partial charge in [-0.2, -0.15) is 0 Å². The lowest BCUT2D eigenvalue weighted by Gasteiger charge is -2.44. The van der Waals surface area contributed by atoms with Crippen LogP contribution in [-0.2, 0) is 11.0 Å². The summed E-state index contributed by atoms with van der Waals surface area (Å²) in [5, 5.41) is 10.9. The van der Waals surface area contributed by atoms with E-state index in [2.05, 4.69) is 41.8 Å². The Morgan fingerprint density at radius 1 is 1.20 bits per heavy atom. The second-order valence-electron chi connectivity index (χ2n) is 8.47. The first-order chi connectivity index (χ1) is 14.4. The number of primary amides is 1. The van der Waals surface area contributed by atoms with E-state index in [9.17, 15) is 9.90 Å². The molecule has 0 saturated carbocycles. The smallest absolute Gasteiger partial charge is 0.248 e. The van der Waals surface area contributed by atoms with E-state index in [0.29, 0.717) is 18.4 Å². The van der Waals surface area contributed by atoms with Crippen LogP contribution in [-0.4, -0.2) is 35.5 Å². The fraction of sp³-hybridized carbons (Fsp3) is 0.423. The molecule has 0 aliphatic carbocycles. The minimum atomic E-state index is -0.793. The first kappa shape index (κ1) is 22.3. The Balaban J connectivity index is 2.10. The van der Waals surface area contributed by atoms with Gasteiger partial charge in [0.1, 0.15) is 0 Å². The van der Waals surface area contributed by atoms with Crippen LogP contribution in [0, 0.1) is 0 Å². The summed E-state index contributed by atoms with van der Waals surface area (Å²) in [6, 6.07) is 16.2. The van der Waals surface area contributed by atoms with Crippen molar-refractivity contribution in [2.45, 2.75) is 50.5 Å². The second-order valence-corrected chi connectivity index (χ2v) is 8.47. The normalized spacial score (nSPS) is 20.1. The molecule has 1 unspecified atom stereocenters. The van der Waals surface area contributed by atoms with E-state index >= 15 is 0 Å². The zero-order valence-corrected chi connectivity index (χ0v) is 18.2. The number of benzene rings is 2. The Hall–Kier alpha value is -2.43. The standard InChI is InChI=1S/C26H34N2O2/c1-4-16-28-17-8-15-25(19-28,23-10-7-9-20(18-23)24(27)29)21-11-13-22(14-12-21)26(30,5-2)6-3/h4,7,9-14,18,30H,1,5-6,8,15-17,19H2,2-3H3,(H2,27,29). The topological polar surface area (TPSA) is 66.6 Å². The lowest BCUT2D eigenvalue weighted by Crippen LogP contribution is -2.47. The van der Waals surface area contributed by atoms with Crippen molar-refractivity contribution in [1.29, 1.82) is 0 Å². The third kappa shape index (κ3) is 4.21. The molecule has 1 atom stereocenters. The summed E-state index contributed by atoms with van der Waals surface area (Å²) in [5.41, 5.74) is 8.36. The average Bonchev–Trinajstić information content (AvgIpc) is 2.79. The Kier molecular flexibility index (Phi) is 6.79. The molecular formula is C26H34N2O2. The summed E-state index contributed by atoms with van der Waals surface area (Å²) < 4.78 is 0. The molecule has 0 radical (unpaired) electrons. The summed E-state index contributed by atoms with van der Waals surface area (Å²) in [5.74, 6) is -0.405. The van der Waals surface area contributed by atoms with Crippen LogP contribution in [0.25, 0.3) is 0 Å². The van der Waals surface area contributed by atoms with Gasteiger partial charge in [0, 0.05) is 24.1 Å². The number of nitrogens with zero attached hydrogens (tertiary/aromatic N) is 1. The van der Waals surface area contributed by atoms with Crippen molar-refractivity contribution in [2.24, 2.45) is 5.73 Å². The lowest BCUT2D eigenvalue weighted by atomic mass is 9.68. The van der Waals surface area contributed by atoms with Crippen LogP contribution in [0.4, 0.5) is 0 Å². The molecule has 30 heavy (non-hydrogen) atoms. The van der Waals surface area contributed by atoms with Crippen molar-refractivity contribution in [1.82, 2.24) is 4.90 Å². The van der Waals surface area contributed by atoms with Crippen molar-refractivity contribution in [3.63, 3.8) is 0 Å². The van der Waals surface area contributed by atoms with Crippen molar-refractivity contribution in [3.05, 3.63) is 83.4 Å². The Morgan fingerprint density at radius 3 is 2.50 bits per heavy atom. The first-order valence-corrected chi connectivity index (χ1v) is 11.0. The van der Waals surface area contributed by atoms with E-state index in [1.54, 1.807) is 6.07 Å². The maximum atomic E-state index is 11.8. The third-order valence-corrected chi connectivity index (χ3v) is 6.80. The van der Waals surface area contributed by atoms with E-state index in [0.717, 1.165) is 43.6 Å². The van der Waals surface area contributed by atoms with Gasteiger partial charge >= 0.3 is 0 Å². The molecule has 1 aliphatic heterocycles. The van der Waals surface area contributed by atoms with E-state index in [4.69, 9.17) is 5.73 Å². The molecule has 2 aromatic carbocycles. The van der Waals surface area contributed by atoms with Gasteiger partial charge in [0.25, 0.3) is 0 Å². The average molecular weight is 407 g/mol. The van der Waals surface area contributed by atoms with E-state index in [1.165, 1.54) is 5.56 Å². The van der Waals surface area contributed by atoms with E-state index in [-0.39, 0.29) is 5.41 Å². The summed E-state index contributed by atoms with van der Waals surface area (Å²) in [7, 11) is 0. The second kappa shape index (κ2) is 9.15. The molecule has 1 aliphatic rings. The number of rotatable bonds is 8. The molecule has 0 aromatic heterocycles. The fourth-order valence-corrected chi connectivity index (χ4v) is 4.85. The third-order valence-electron chi connectivity index (χ3n) is 6.80. The molecule has 3 N–H and O–H groups in total. The predicted octanol–water partition coefficient (Wildman–Crippen LogP) is 4.36. The Bertz CT molecular complexity index is 886. The number of aliphatic hydroxyl groups is 1. The van der Waals surface area contributed by atoms with Gasteiger partial charge < -0.3 is 10.8 Å². The van der Waals surface area contributed by atoms with Crippen LogP contribution < -0.4 is 5.73 Å². The molecule has 1 heterocycles. The molecule has 4 heteroatoms. The van der Waals surface area contributed by atoms with E-state index in [1.807, 2.05) is 32.1 Å². The van der Waals surface area contributed by atoms with Crippen LogP contribution in [0.1, 0.15) is 66.6 Å². The number of nitrogens with two attached hydrogens (primary N) is 1. The van der Waals surface area contributed by atoms with Crippen LogP contribution >= 0.6 is 0 Å². The minimum Gasteiger partial charge on any atom is -0.385 e. The van der Waals surface area contributed by atoms with Crippen molar-refractivity contribution < 1.29 is 9.90 Å². The van der Waals surface area contributed by atoms with Crippen LogP contribution in [0.2, 0.25) is 0 Å². The molecule has 1 amide bonds. The number of carbonyl (C=O) groups is 1. The molecule has 160 valence electrons. The maximum absolute atomic E-state index is 11.8. The fourth-order valence-electron chi connectivity index (χ4n) is 4.85. The Labute approximate surface area is 180 Å². The molecule has 1 fully saturated rings. The van der Waals surface area contributed by atoms with Gasteiger partial charge in [0.2, 0.25) is 5.91 Å². The lowest BCUT2D eigenvalue weighted by molar-refractivity contribution is 0.0283. The van der Waals surface area contributed by atoms with Gasteiger partial charge in [-0.1, -0.05) is 56.3 Å². The first-order valence-electron chi connectivity index (χ1n) is 11.0. The number of amides is 1. The largest absolute Gasteiger partial charge is 0.385 e. The highest BCUT2D eigenvalue weighted by Crippen LogP contribution is 2.41. The van der Waals surface area contributed by atoms with Crippen LogP contribution in [0.3, 0.4) is 0 Å². The van der Waals surface area contributed by atoms with Crippen molar-refractivity contribution in [3.8, 4) is 0 Å². The highest BCUT2D eigenvalue weighted by Gasteiger charge is 2.39. The SMILES string of the molecule is C=CCN1CCCC(c2ccc(C(O)(CC)CC)cc2)(c2cccc(C(N)=O)c2)C1. The summed E-state index contributed by atoms with van der Waals surface area (Å²) in [6.45, 7) is 10.7. The van der Waals surface area contributed by atoms with Crippen molar-refractivity contribution >= 4 is 5.91 Å². The number of piperidine rings is 1. The zero-order chi connectivity index (χ0) is 21.8. The molecular weight excluding hydrogens is 372 g/mol. The highest BCUT2D eigenvalue weighted by molar-refractivity contribution is 5.93. The zero-order valence-electron chi connectivity index (χ0n) is 18.2. The molecule has 0 spiro atoms. The number of hydrogen-bond donors (Lipinski definition) is 2. The van der Waals surface area contributed by atoms with Gasteiger partial charge in [-0.05, 0) is 61.1 Å². The Morgan fingerprint density at radius 2 is 1.90 bits per heavy atom. The van der Waals surface area contributed by atoms with Crippen LogP contribution in [0.15, 0.2) is 61.2 Å². The quantitative estimate of drug-likeness (QED) is 0.640. The van der Waals surface area contributed by atoms with Crippen LogP contribution in [0.5, 0.6) is 0 Å². The highest BCUT2D eigenvalue weighted by atomic mass is 16.3. The molecule has 3 rings (SSSR count). The minimum absolute atomic E-state index is 0.234. The predicted molar refractivity (Wildman–Crippen MR) is 123 cm³/mol. The van der Waals surface area contributed by atoms with Gasteiger partial charge in [-0.3, -0.25) is 9.69 Å². The van der Waals surface area contributed by atoms with Crippen molar-refractivity contribution in [2.75, 3.05) is 19.6 Å². The van der Waals surface area contributed by atoms with Gasteiger partial charge in [-0.25, -0.2) is 0 Å². The molecule has 2 aromatic rings. The number of hydrogen-bond acceptors (Lipinski definition) is 3. The summed E-state index contributed by atoms with van der Waals surface area (Å²) in [4.78, 5) is 14.2. The number of carbonyl (C=O) groups excluding carboxylic acids is 1. The molecule has 1 saturated heterocycles.